The molecule has 0 saturated carbocycles. The summed E-state index contributed by atoms with van der Waals surface area (Å²) in [5.41, 5.74) is 2.53. The largest absolute Gasteiger partial charge is 0.448 e. The first-order valence-electron chi connectivity index (χ1n) is 7.97. The number of aromatic amines is 1. The summed E-state index contributed by atoms with van der Waals surface area (Å²) in [5.74, 6) is -1.12. The Hall–Kier alpha value is -2.89. The first-order chi connectivity index (χ1) is 11.7. The van der Waals surface area contributed by atoms with Crippen molar-refractivity contribution in [3.05, 3.63) is 52.8 Å². The lowest BCUT2D eigenvalue weighted by atomic mass is 10.1. The minimum Gasteiger partial charge on any atom is -0.448 e. The quantitative estimate of drug-likeness (QED) is 0.669. The molecule has 1 aromatic carbocycles. The Morgan fingerprint density at radius 3 is 2.24 bits per heavy atom. The fraction of sp³-hybridized carbons (Fsp3) is 0.316. The van der Waals surface area contributed by atoms with E-state index in [4.69, 9.17) is 4.74 Å². The van der Waals surface area contributed by atoms with E-state index in [0.29, 0.717) is 22.5 Å². The minimum absolute atomic E-state index is 0.127. The van der Waals surface area contributed by atoms with E-state index in [9.17, 15) is 14.4 Å². The van der Waals surface area contributed by atoms with Gasteiger partial charge in [-0.05, 0) is 45.4 Å². The van der Waals surface area contributed by atoms with E-state index in [1.807, 2.05) is 18.2 Å². The fourth-order valence-corrected chi connectivity index (χ4v) is 2.80. The number of ether oxygens (including phenoxy) is 1. The lowest BCUT2D eigenvalue weighted by Crippen LogP contribution is -2.37. The van der Waals surface area contributed by atoms with Crippen LogP contribution in [0.25, 0.3) is 0 Å². The average molecular weight is 342 g/mol. The van der Waals surface area contributed by atoms with Gasteiger partial charge in [-0.2, -0.15) is 0 Å². The summed E-state index contributed by atoms with van der Waals surface area (Å²) < 4.78 is 5.30. The third-order valence-electron chi connectivity index (χ3n) is 4.10. The van der Waals surface area contributed by atoms with Gasteiger partial charge in [0.15, 0.2) is 11.9 Å². The molecule has 0 radical (unpaired) electrons. The fourth-order valence-electron chi connectivity index (χ4n) is 2.80. The van der Waals surface area contributed by atoms with Gasteiger partial charge in [0.05, 0.1) is 0 Å². The van der Waals surface area contributed by atoms with Gasteiger partial charge in [-0.3, -0.25) is 9.59 Å². The Morgan fingerprint density at radius 1 is 1.12 bits per heavy atom. The Balaban J connectivity index is 2.14. The van der Waals surface area contributed by atoms with Gasteiger partial charge in [-0.1, -0.05) is 18.2 Å². The molecule has 132 valence electrons. The lowest BCUT2D eigenvalue weighted by Gasteiger charge is -2.21. The topological polar surface area (TPSA) is 79.5 Å². The van der Waals surface area contributed by atoms with Crippen LogP contribution in [-0.2, 0) is 9.53 Å². The zero-order valence-corrected chi connectivity index (χ0v) is 15.0. The Morgan fingerprint density at radius 2 is 1.72 bits per heavy atom. The number of carbonyl (C=O) groups is 3. The maximum atomic E-state index is 12.5. The molecule has 0 aliphatic heterocycles. The molecule has 0 spiro atoms. The highest BCUT2D eigenvalue weighted by molar-refractivity contribution is 6.02. The zero-order valence-electron chi connectivity index (χ0n) is 15.0. The number of Topliss-reactive ketones (excluding diaryl/α,β-unsaturated/α-hetero) is 1. The second-order valence-electron chi connectivity index (χ2n) is 5.96. The number of aromatic nitrogens is 1. The summed E-state index contributed by atoms with van der Waals surface area (Å²) in [6, 6.07) is 9.09. The standard InChI is InChI=1S/C19H22N2O4/c1-11-16(13(3)22)12(2)20-17(11)19(24)25-14(4)18(23)21(5)15-9-7-6-8-10-15/h6-10,14,20H,1-5H3. The Bertz CT molecular complexity index is 808. The normalized spacial score (nSPS) is 11.7. The van der Waals surface area contributed by atoms with Crippen molar-refractivity contribution in [1.29, 1.82) is 0 Å². The summed E-state index contributed by atoms with van der Waals surface area (Å²) in [7, 11) is 1.62. The van der Waals surface area contributed by atoms with Crippen LogP contribution in [0.3, 0.4) is 0 Å². The second-order valence-corrected chi connectivity index (χ2v) is 5.96. The summed E-state index contributed by atoms with van der Waals surface area (Å²) in [4.78, 5) is 40.8. The Labute approximate surface area is 146 Å². The van der Waals surface area contributed by atoms with Crippen molar-refractivity contribution in [2.24, 2.45) is 0 Å². The number of hydrogen-bond acceptors (Lipinski definition) is 4. The van der Waals surface area contributed by atoms with E-state index in [-0.39, 0.29) is 17.4 Å². The molecule has 0 fully saturated rings. The molecular weight excluding hydrogens is 320 g/mol. The number of nitrogens with zero attached hydrogens (tertiary/aromatic N) is 1. The number of likely N-dealkylation sites (N-methyl/N-ethyl adjacent to an activating group) is 1. The van der Waals surface area contributed by atoms with E-state index in [0.717, 1.165) is 0 Å². The van der Waals surface area contributed by atoms with Crippen molar-refractivity contribution >= 4 is 23.3 Å². The third kappa shape index (κ3) is 3.79. The molecule has 1 atom stereocenters. The number of esters is 1. The number of nitrogens with one attached hydrogen (secondary N) is 1. The molecule has 1 aromatic heterocycles. The molecule has 1 unspecified atom stereocenters. The molecule has 6 nitrogen and oxygen atoms in total. The molecule has 25 heavy (non-hydrogen) atoms. The monoisotopic (exact) mass is 342 g/mol. The predicted octanol–water partition coefficient (Wildman–Crippen LogP) is 3.04. The molecule has 0 aliphatic carbocycles. The number of hydrogen-bond donors (Lipinski definition) is 1. The SMILES string of the molecule is CC(=O)c1c(C)[nH]c(C(=O)OC(C)C(=O)N(C)c2ccccc2)c1C. The van der Waals surface area contributed by atoms with Crippen molar-refractivity contribution in [3.8, 4) is 0 Å². The van der Waals surface area contributed by atoms with Crippen molar-refractivity contribution in [1.82, 2.24) is 4.98 Å². The van der Waals surface area contributed by atoms with Gasteiger partial charge < -0.3 is 14.6 Å². The van der Waals surface area contributed by atoms with Crippen molar-refractivity contribution in [2.45, 2.75) is 33.8 Å². The van der Waals surface area contributed by atoms with Crippen LogP contribution in [0.1, 0.15) is 46.0 Å². The number of benzene rings is 1. The van der Waals surface area contributed by atoms with Crippen molar-refractivity contribution in [3.63, 3.8) is 0 Å². The first kappa shape index (κ1) is 18.4. The summed E-state index contributed by atoms with van der Waals surface area (Å²) >= 11 is 0. The summed E-state index contributed by atoms with van der Waals surface area (Å²) in [6.45, 7) is 6.37. The van der Waals surface area contributed by atoms with Crippen LogP contribution in [0.4, 0.5) is 5.69 Å². The molecule has 2 rings (SSSR count). The van der Waals surface area contributed by atoms with Gasteiger partial charge >= 0.3 is 5.97 Å². The van der Waals surface area contributed by atoms with E-state index in [1.165, 1.54) is 18.7 Å². The van der Waals surface area contributed by atoms with Crippen molar-refractivity contribution < 1.29 is 19.1 Å². The average Bonchev–Trinajstić information content (AvgIpc) is 2.88. The number of H-pyrrole nitrogens is 1. The predicted molar refractivity (Wildman–Crippen MR) is 95.0 cm³/mol. The number of para-hydroxylation sites is 1. The number of carbonyl (C=O) groups excluding carboxylic acids is 3. The number of aryl methyl sites for hydroxylation is 1. The van der Waals surface area contributed by atoms with Crippen LogP contribution >= 0.6 is 0 Å². The van der Waals surface area contributed by atoms with Crippen LogP contribution < -0.4 is 4.90 Å². The summed E-state index contributed by atoms with van der Waals surface area (Å²) in [5, 5.41) is 0. The molecule has 6 heteroatoms. The van der Waals surface area contributed by atoms with Gasteiger partial charge in [0, 0.05) is 24.0 Å². The number of anilines is 1. The van der Waals surface area contributed by atoms with Crippen LogP contribution in [0.5, 0.6) is 0 Å². The van der Waals surface area contributed by atoms with E-state index < -0.39 is 12.1 Å². The van der Waals surface area contributed by atoms with Crippen LogP contribution in [0.2, 0.25) is 0 Å². The van der Waals surface area contributed by atoms with E-state index in [1.54, 1.807) is 33.0 Å². The molecule has 0 aliphatic rings. The molecule has 0 saturated heterocycles. The molecule has 0 bridgehead atoms. The van der Waals surface area contributed by atoms with Gasteiger partial charge in [-0.15, -0.1) is 0 Å². The lowest BCUT2D eigenvalue weighted by molar-refractivity contribution is -0.126. The van der Waals surface area contributed by atoms with Gasteiger partial charge in [0.1, 0.15) is 5.69 Å². The number of ketones is 1. The molecule has 1 N–H and O–H groups in total. The van der Waals surface area contributed by atoms with Crippen molar-refractivity contribution in [2.75, 3.05) is 11.9 Å². The number of amides is 1. The maximum Gasteiger partial charge on any atom is 0.355 e. The molecule has 1 amide bonds. The summed E-state index contributed by atoms with van der Waals surface area (Å²) in [6.07, 6.45) is -0.957. The smallest absolute Gasteiger partial charge is 0.355 e. The second kappa shape index (κ2) is 7.34. The highest BCUT2D eigenvalue weighted by Crippen LogP contribution is 2.20. The highest BCUT2D eigenvalue weighted by Gasteiger charge is 2.26. The van der Waals surface area contributed by atoms with Crippen LogP contribution in [-0.4, -0.2) is 35.8 Å². The maximum absolute atomic E-state index is 12.5. The molecular formula is C19H22N2O4. The number of rotatable bonds is 5. The first-order valence-corrected chi connectivity index (χ1v) is 7.97. The van der Waals surface area contributed by atoms with Gasteiger partial charge in [-0.25, -0.2) is 4.79 Å². The van der Waals surface area contributed by atoms with Gasteiger partial charge in [0.2, 0.25) is 0 Å². The van der Waals surface area contributed by atoms with Crippen LogP contribution in [0, 0.1) is 13.8 Å². The molecule has 2 aromatic rings. The van der Waals surface area contributed by atoms with E-state index in [2.05, 4.69) is 4.98 Å². The third-order valence-corrected chi connectivity index (χ3v) is 4.10. The Kier molecular flexibility index (Phi) is 5.41. The van der Waals surface area contributed by atoms with E-state index >= 15 is 0 Å². The highest BCUT2D eigenvalue weighted by atomic mass is 16.5. The minimum atomic E-state index is -0.957. The molecule has 1 heterocycles. The van der Waals surface area contributed by atoms with Crippen LogP contribution in [0.15, 0.2) is 30.3 Å². The van der Waals surface area contributed by atoms with Gasteiger partial charge in [0.25, 0.3) is 5.91 Å². The zero-order chi connectivity index (χ0) is 18.7.